The summed E-state index contributed by atoms with van der Waals surface area (Å²) in [7, 11) is -3.52. The summed E-state index contributed by atoms with van der Waals surface area (Å²) < 4.78 is 32.6. The molecule has 0 aliphatic carbocycles. The van der Waals surface area contributed by atoms with Gasteiger partial charge in [0.25, 0.3) is 5.89 Å². The number of rotatable bonds is 4. The number of nitrogens with zero attached hydrogens (tertiary/aromatic N) is 4. The smallest absolute Gasteiger partial charge is 0.259 e. The van der Waals surface area contributed by atoms with E-state index in [0.29, 0.717) is 36.1 Å². The minimum Gasteiger partial charge on any atom is -0.334 e. The molecular weight excluding hydrogens is 352 g/mol. The lowest BCUT2D eigenvalue weighted by Crippen LogP contribution is -2.29. The lowest BCUT2D eigenvalue weighted by atomic mass is 10.1. The van der Waals surface area contributed by atoms with Gasteiger partial charge >= 0.3 is 0 Å². The highest BCUT2D eigenvalue weighted by Gasteiger charge is 2.36. The van der Waals surface area contributed by atoms with Crippen LogP contribution in [0, 0.1) is 6.92 Å². The van der Waals surface area contributed by atoms with Crippen molar-refractivity contribution in [2.24, 2.45) is 0 Å². The molecule has 2 aromatic heterocycles. The number of sulfonamides is 1. The van der Waals surface area contributed by atoms with E-state index in [4.69, 9.17) is 4.52 Å². The lowest BCUT2D eigenvalue weighted by molar-refractivity contribution is 0.414. The van der Waals surface area contributed by atoms with Crippen LogP contribution in [0.2, 0.25) is 0 Å². The van der Waals surface area contributed by atoms with E-state index in [1.54, 1.807) is 43.6 Å². The van der Waals surface area contributed by atoms with Gasteiger partial charge < -0.3 is 4.52 Å². The van der Waals surface area contributed by atoms with Crippen molar-refractivity contribution in [1.29, 1.82) is 0 Å². The molecule has 0 saturated carbocycles. The van der Waals surface area contributed by atoms with Gasteiger partial charge in [-0.3, -0.25) is 4.98 Å². The van der Waals surface area contributed by atoms with E-state index < -0.39 is 10.0 Å². The molecule has 1 aliphatic heterocycles. The molecule has 26 heavy (non-hydrogen) atoms. The number of aryl methyl sites for hydroxylation is 1. The third-order valence-electron chi connectivity index (χ3n) is 4.58. The molecule has 1 aliphatic rings. The molecule has 1 atom stereocenters. The highest BCUT2D eigenvalue weighted by Crippen LogP contribution is 2.31. The SMILES string of the molecule is Cc1ccccc1S(=O)(=O)N1CCC(c2noc(-c3cccnc3)n2)C1. The highest BCUT2D eigenvalue weighted by molar-refractivity contribution is 7.89. The van der Waals surface area contributed by atoms with Crippen molar-refractivity contribution in [1.82, 2.24) is 19.4 Å². The molecule has 4 rings (SSSR count). The van der Waals surface area contributed by atoms with Crippen molar-refractivity contribution in [3.05, 3.63) is 60.2 Å². The van der Waals surface area contributed by atoms with Crippen molar-refractivity contribution in [2.45, 2.75) is 24.2 Å². The molecule has 0 amide bonds. The van der Waals surface area contributed by atoms with Crippen LogP contribution >= 0.6 is 0 Å². The van der Waals surface area contributed by atoms with Gasteiger partial charge in [0.05, 0.1) is 10.5 Å². The highest BCUT2D eigenvalue weighted by atomic mass is 32.2. The second-order valence-corrected chi connectivity index (χ2v) is 8.22. The van der Waals surface area contributed by atoms with Crippen LogP contribution in [0.25, 0.3) is 11.5 Å². The molecule has 1 unspecified atom stereocenters. The van der Waals surface area contributed by atoms with E-state index in [0.717, 1.165) is 11.1 Å². The fourth-order valence-electron chi connectivity index (χ4n) is 3.15. The molecule has 1 aromatic carbocycles. The Kier molecular flexibility index (Phi) is 4.29. The average Bonchev–Trinajstić information content (AvgIpc) is 3.32. The Labute approximate surface area is 151 Å². The molecule has 0 radical (unpaired) electrons. The van der Waals surface area contributed by atoms with Gasteiger partial charge in [-0.1, -0.05) is 23.4 Å². The Balaban J connectivity index is 1.54. The number of hydrogen-bond acceptors (Lipinski definition) is 6. The summed E-state index contributed by atoms with van der Waals surface area (Å²) in [6.45, 7) is 2.60. The van der Waals surface area contributed by atoms with Gasteiger partial charge in [0.1, 0.15) is 0 Å². The number of aromatic nitrogens is 3. The Morgan fingerprint density at radius 3 is 2.81 bits per heavy atom. The molecule has 3 heterocycles. The standard InChI is InChI=1S/C18H18N4O3S/c1-13-5-2-3-7-16(13)26(23,24)22-10-8-15(12-22)17-20-18(25-21-17)14-6-4-9-19-11-14/h2-7,9,11,15H,8,10,12H2,1H3. The fraction of sp³-hybridized carbons (Fsp3) is 0.278. The van der Waals surface area contributed by atoms with Crippen LogP contribution in [-0.4, -0.2) is 40.9 Å². The van der Waals surface area contributed by atoms with Gasteiger partial charge in [-0.25, -0.2) is 8.42 Å². The average molecular weight is 370 g/mol. The monoisotopic (exact) mass is 370 g/mol. The summed E-state index contributed by atoms with van der Waals surface area (Å²) >= 11 is 0. The molecule has 3 aromatic rings. The molecular formula is C18H18N4O3S. The maximum Gasteiger partial charge on any atom is 0.259 e. The topological polar surface area (TPSA) is 89.2 Å². The minimum absolute atomic E-state index is 0.0806. The zero-order chi connectivity index (χ0) is 18.1. The molecule has 8 heteroatoms. The minimum atomic E-state index is -3.52. The fourth-order valence-corrected chi connectivity index (χ4v) is 4.88. The Bertz CT molecular complexity index is 1020. The maximum absolute atomic E-state index is 12.9. The second kappa shape index (κ2) is 6.62. The Morgan fingerprint density at radius 2 is 2.04 bits per heavy atom. The summed E-state index contributed by atoms with van der Waals surface area (Å²) in [4.78, 5) is 8.82. The largest absolute Gasteiger partial charge is 0.334 e. The predicted octanol–water partition coefficient (Wildman–Crippen LogP) is 2.62. The summed E-state index contributed by atoms with van der Waals surface area (Å²) in [5.41, 5.74) is 1.49. The van der Waals surface area contributed by atoms with E-state index in [2.05, 4.69) is 15.1 Å². The van der Waals surface area contributed by atoms with Crippen LogP contribution in [0.5, 0.6) is 0 Å². The normalized spacial score (nSPS) is 18.3. The molecule has 1 fully saturated rings. The molecule has 0 N–H and O–H groups in total. The van der Waals surface area contributed by atoms with E-state index in [1.807, 2.05) is 12.1 Å². The van der Waals surface area contributed by atoms with Crippen molar-refractivity contribution >= 4 is 10.0 Å². The molecule has 0 bridgehead atoms. The number of benzene rings is 1. The van der Waals surface area contributed by atoms with Crippen molar-refractivity contribution in [2.75, 3.05) is 13.1 Å². The van der Waals surface area contributed by atoms with Crippen LogP contribution in [0.15, 0.2) is 58.2 Å². The molecule has 7 nitrogen and oxygen atoms in total. The van der Waals surface area contributed by atoms with Gasteiger partial charge in [-0.2, -0.15) is 9.29 Å². The first-order valence-corrected chi connectivity index (χ1v) is 9.79. The van der Waals surface area contributed by atoms with E-state index >= 15 is 0 Å². The van der Waals surface area contributed by atoms with Gasteiger partial charge in [0.15, 0.2) is 5.82 Å². The van der Waals surface area contributed by atoms with E-state index in [1.165, 1.54) is 4.31 Å². The number of pyridine rings is 1. The van der Waals surface area contributed by atoms with Crippen molar-refractivity contribution < 1.29 is 12.9 Å². The number of hydrogen-bond donors (Lipinski definition) is 0. The van der Waals surface area contributed by atoms with Crippen LogP contribution in [0.3, 0.4) is 0 Å². The predicted molar refractivity (Wildman–Crippen MR) is 94.8 cm³/mol. The van der Waals surface area contributed by atoms with E-state index in [9.17, 15) is 8.42 Å². The molecule has 0 spiro atoms. The van der Waals surface area contributed by atoms with Crippen molar-refractivity contribution in [3.63, 3.8) is 0 Å². The molecule has 1 saturated heterocycles. The first-order valence-electron chi connectivity index (χ1n) is 8.35. The lowest BCUT2D eigenvalue weighted by Gasteiger charge is -2.17. The zero-order valence-corrected chi connectivity index (χ0v) is 15.1. The van der Waals surface area contributed by atoms with Gasteiger partial charge in [0.2, 0.25) is 10.0 Å². The van der Waals surface area contributed by atoms with E-state index in [-0.39, 0.29) is 5.92 Å². The first-order chi connectivity index (χ1) is 12.6. The van der Waals surface area contributed by atoms with Gasteiger partial charge in [-0.15, -0.1) is 0 Å². The maximum atomic E-state index is 12.9. The summed E-state index contributed by atoms with van der Waals surface area (Å²) in [5.74, 6) is 0.850. The second-order valence-electron chi connectivity index (χ2n) is 6.31. The zero-order valence-electron chi connectivity index (χ0n) is 14.2. The third kappa shape index (κ3) is 3.02. The molecule has 134 valence electrons. The summed E-state index contributed by atoms with van der Waals surface area (Å²) in [6.07, 6.45) is 3.99. The third-order valence-corrected chi connectivity index (χ3v) is 6.60. The summed E-state index contributed by atoms with van der Waals surface area (Å²) in [5, 5.41) is 4.05. The van der Waals surface area contributed by atoms with Crippen LogP contribution < -0.4 is 0 Å². The van der Waals surface area contributed by atoms with Crippen molar-refractivity contribution in [3.8, 4) is 11.5 Å². The van der Waals surface area contributed by atoms with Crippen LogP contribution in [0.4, 0.5) is 0 Å². The summed E-state index contributed by atoms with van der Waals surface area (Å²) in [6, 6.07) is 10.7. The first kappa shape index (κ1) is 16.9. The Hall–Kier alpha value is -2.58. The quantitative estimate of drug-likeness (QED) is 0.701. The van der Waals surface area contributed by atoms with Gasteiger partial charge in [-0.05, 0) is 37.1 Å². The van der Waals surface area contributed by atoms with Crippen LogP contribution in [-0.2, 0) is 10.0 Å². The van der Waals surface area contributed by atoms with Gasteiger partial charge in [0, 0.05) is 31.4 Å². The Morgan fingerprint density at radius 1 is 1.19 bits per heavy atom. The van der Waals surface area contributed by atoms with Crippen LogP contribution in [0.1, 0.15) is 23.7 Å².